The summed E-state index contributed by atoms with van der Waals surface area (Å²) in [7, 11) is 0. The number of amides is 3. The number of hydrogen-bond acceptors (Lipinski definition) is 3. The second kappa shape index (κ2) is 5.73. The number of nitrogens with zero attached hydrogens (tertiary/aromatic N) is 2. The number of H-pyrrole nitrogens is 1. The number of urea groups is 1. The van der Waals surface area contributed by atoms with Crippen LogP contribution in [0.1, 0.15) is 28.5 Å². The predicted octanol–water partition coefficient (Wildman–Crippen LogP) is 1.49. The Bertz CT molecular complexity index is 912. The maximum atomic E-state index is 12.4. The quantitative estimate of drug-likeness (QED) is 0.574. The Hall–Kier alpha value is -3.29. The fourth-order valence-electron chi connectivity index (χ4n) is 2.94. The van der Waals surface area contributed by atoms with Gasteiger partial charge in [-0.15, -0.1) is 0 Å². The van der Waals surface area contributed by atoms with Crippen molar-refractivity contribution in [3.05, 3.63) is 54.1 Å². The minimum atomic E-state index is -0.357. The van der Waals surface area contributed by atoms with Crippen molar-refractivity contribution >= 4 is 23.0 Å². The van der Waals surface area contributed by atoms with Gasteiger partial charge in [0.25, 0.3) is 5.91 Å². The maximum absolute atomic E-state index is 12.4. The molecule has 122 valence electrons. The SMILES string of the molecule is O=C(NC1CCNC(=O)c2[nH]ccc21)Nn1cnc2ccccc21. The molecule has 1 aromatic carbocycles. The molecule has 24 heavy (non-hydrogen) atoms. The molecule has 0 fully saturated rings. The molecule has 1 aliphatic heterocycles. The molecular formula is C16H16N6O2. The number of aromatic amines is 1. The van der Waals surface area contributed by atoms with E-state index in [1.54, 1.807) is 17.2 Å². The molecule has 0 bridgehead atoms. The van der Waals surface area contributed by atoms with Gasteiger partial charge in [0.05, 0.1) is 17.1 Å². The molecule has 4 N–H and O–H groups in total. The fraction of sp³-hybridized carbons (Fsp3) is 0.188. The van der Waals surface area contributed by atoms with E-state index in [-0.39, 0.29) is 18.0 Å². The third-order valence-corrected chi connectivity index (χ3v) is 4.08. The van der Waals surface area contributed by atoms with Gasteiger partial charge in [-0.05, 0) is 24.6 Å². The minimum Gasteiger partial charge on any atom is -0.357 e. The van der Waals surface area contributed by atoms with E-state index in [2.05, 4.69) is 26.0 Å². The first-order chi connectivity index (χ1) is 11.7. The van der Waals surface area contributed by atoms with Crippen LogP contribution < -0.4 is 16.1 Å². The number of nitrogens with one attached hydrogen (secondary N) is 4. The van der Waals surface area contributed by atoms with Crippen LogP contribution in [0.3, 0.4) is 0 Å². The zero-order valence-electron chi connectivity index (χ0n) is 12.7. The van der Waals surface area contributed by atoms with E-state index in [0.29, 0.717) is 18.7 Å². The predicted molar refractivity (Wildman–Crippen MR) is 88.1 cm³/mol. The van der Waals surface area contributed by atoms with Gasteiger partial charge in [0, 0.05) is 18.3 Å². The van der Waals surface area contributed by atoms with Crippen LogP contribution in [0.2, 0.25) is 0 Å². The van der Waals surface area contributed by atoms with Gasteiger partial charge in [0.2, 0.25) is 0 Å². The number of imidazole rings is 1. The highest BCUT2D eigenvalue weighted by molar-refractivity contribution is 5.95. The highest BCUT2D eigenvalue weighted by atomic mass is 16.2. The van der Waals surface area contributed by atoms with Crippen molar-refractivity contribution in [2.75, 3.05) is 12.0 Å². The zero-order valence-corrected chi connectivity index (χ0v) is 12.7. The van der Waals surface area contributed by atoms with Crippen molar-refractivity contribution in [1.82, 2.24) is 25.3 Å². The van der Waals surface area contributed by atoms with Crippen LogP contribution in [0.5, 0.6) is 0 Å². The summed E-state index contributed by atoms with van der Waals surface area (Å²) in [4.78, 5) is 31.4. The molecule has 1 aliphatic rings. The fourth-order valence-corrected chi connectivity index (χ4v) is 2.94. The Kier molecular flexibility index (Phi) is 3.42. The average Bonchev–Trinajstić information content (AvgIpc) is 3.18. The molecule has 2 aromatic heterocycles. The van der Waals surface area contributed by atoms with E-state index >= 15 is 0 Å². The van der Waals surface area contributed by atoms with Gasteiger partial charge in [-0.2, -0.15) is 0 Å². The van der Waals surface area contributed by atoms with Crippen LogP contribution in [-0.4, -0.2) is 33.1 Å². The molecule has 0 spiro atoms. The van der Waals surface area contributed by atoms with Crippen LogP contribution in [0, 0.1) is 0 Å². The summed E-state index contributed by atoms with van der Waals surface area (Å²) in [6.07, 6.45) is 3.88. The molecule has 0 aliphatic carbocycles. The molecule has 0 saturated carbocycles. The molecular weight excluding hydrogens is 308 g/mol. The lowest BCUT2D eigenvalue weighted by Crippen LogP contribution is -2.36. The van der Waals surface area contributed by atoms with Crippen molar-refractivity contribution in [2.45, 2.75) is 12.5 Å². The van der Waals surface area contributed by atoms with Gasteiger partial charge in [-0.25, -0.2) is 19.9 Å². The number of carbonyl (C=O) groups is 2. The summed E-state index contributed by atoms with van der Waals surface area (Å²) < 4.78 is 1.57. The highest BCUT2D eigenvalue weighted by Gasteiger charge is 2.25. The van der Waals surface area contributed by atoms with Gasteiger partial charge < -0.3 is 15.6 Å². The van der Waals surface area contributed by atoms with E-state index in [0.717, 1.165) is 16.6 Å². The zero-order chi connectivity index (χ0) is 16.5. The standard InChI is InChI=1S/C16H16N6O2/c23-15-14-10(5-7-17-14)11(6-8-18-15)20-16(24)21-22-9-19-12-3-1-2-4-13(12)22/h1-5,7,9,11,17H,6,8H2,(H,18,23)(H2,20,21,24). The summed E-state index contributed by atoms with van der Waals surface area (Å²) in [5, 5.41) is 5.72. The Morgan fingerprint density at radius 1 is 1.29 bits per heavy atom. The largest absolute Gasteiger partial charge is 0.357 e. The molecule has 3 heterocycles. The average molecular weight is 324 g/mol. The van der Waals surface area contributed by atoms with Crippen LogP contribution in [0.4, 0.5) is 4.79 Å². The minimum absolute atomic E-state index is 0.152. The molecule has 4 rings (SSSR count). The monoisotopic (exact) mass is 324 g/mol. The number of para-hydroxylation sites is 2. The summed E-state index contributed by atoms with van der Waals surface area (Å²) in [6.45, 7) is 0.500. The maximum Gasteiger partial charge on any atom is 0.334 e. The number of carbonyl (C=O) groups excluding carboxylic acids is 2. The van der Waals surface area contributed by atoms with E-state index < -0.39 is 0 Å². The first-order valence-electron chi connectivity index (χ1n) is 7.67. The van der Waals surface area contributed by atoms with Crippen LogP contribution in [0.15, 0.2) is 42.9 Å². The molecule has 0 radical (unpaired) electrons. The number of benzene rings is 1. The molecule has 1 atom stereocenters. The lowest BCUT2D eigenvalue weighted by molar-refractivity contribution is 0.0951. The molecule has 1 unspecified atom stereocenters. The van der Waals surface area contributed by atoms with Crippen molar-refractivity contribution in [3.63, 3.8) is 0 Å². The van der Waals surface area contributed by atoms with Crippen molar-refractivity contribution in [1.29, 1.82) is 0 Å². The van der Waals surface area contributed by atoms with Crippen molar-refractivity contribution < 1.29 is 9.59 Å². The third-order valence-electron chi connectivity index (χ3n) is 4.08. The van der Waals surface area contributed by atoms with E-state index in [9.17, 15) is 9.59 Å². The summed E-state index contributed by atoms with van der Waals surface area (Å²) in [6, 6.07) is 8.74. The Morgan fingerprint density at radius 3 is 3.08 bits per heavy atom. The van der Waals surface area contributed by atoms with Gasteiger partial charge >= 0.3 is 6.03 Å². The summed E-state index contributed by atoms with van der Waals surface area (Å²) >= 11 is 0. The highest BCUT2D eigenvalue weighted by Crippen LogP contribution is 2.22. The van der Waals surface area contributed by atoms with E-state index in [4.69, 9.17) is 0 Å². The topological polar surface area (TPSA) is 104 Å². The Morgan fingerprint density at radius 2 is 2.17 bits per heavy atom. The first-order valence-corrected chi connectivity index (χ1v) is 7.67. The Balaban J connectivity index is 1.52. The molecule has 0 saturated heterocycles. The Labute approximate surface area is 137 Å². The smallest absolute Gasteiger partial charge is 0.334 e. The number of rotatable bonds is 2. The van der Waals surface area contributed by atoms with Crippen LogP contribution in [-0.2, 0) is 0 Å². The van der Waals surface area contributed by atoms with Gasteiger partial charge in [-0.3, -0.25) is 4.79 Å². The summed E-state index contributed by atoms with van der Waals surface area (Å²) in [5.41, 5.74) is 5.65. The van der Waals surface area contributed by atoms with Gasteiger partial charge in [-0.1, -0.05) is 12.1 Å². The molecule has 8 nitrogen and oxygen atoms in total. The molecule has 3 amide bonds. The molecule has 3 aromatic rings. The van der Waals surface area contributed by atoms with Crippen molar-refractivity contribution in [3.8, 4) is 0 Å². The second-order valence-corrected chi connectivity index (χ2v) is 5.59. The lowest BCUT2D eigenvalue weighted by atomic mass is 10.1. The van der Waals surface area contributed by atoms with E-state index in [1.807, 2.05) is 30.3 Å². The summed E-state index contributed by atoms with van der Waals surface area (Å²) in [5.74, 6) is -0.152. The van der Waals surface area contributed by atoms with Gasteiger partial charge in [0.1, 0.15) is 12.0 Å². The second-order valence-electron chi connectivity index (χ2n) is 5.59. The number of fused-ring (bicyclic) bond motifs is 2. The van der Waals surface area contributed by atoms with Crippen LogP contribution in [0.25, 0.3) is 11.0 Å². The van der Waals surface area contributed by atoms with Crippen molar-refractivity contribution in [2.24, 2.45) is 0 Å². The number of aromatic nitrogens is 3. The lowest BCUT2D eigenvalue weighted by Gasteiger charge is -2.17. The van der Waals surface area contributed by atoms with E-state index in [1.165, 1.54) is 0 Å². The van der Waals surface area contributed by atoms with Gasteiger partial charge in [0.15, 0.2) is 0 Å². The normalized spacial score (nSPS) is 17.0. The van der Waals surface area contributed by atoms with Crippen LogP contribution >= 0.6 is 0 Å². The third kappa shape index (κ3) is 2.47. The first kappa shape index (κ1) is 14.3. The molecule has 8 heteroatoms. The number of hydrogen-bond donors (Lipinski definition) is 4.